The average molecular weight is 226 g/mol. The lowest BCUT2D eigenvalue weighted by atomic mass is 9.92. The molecule has 16 heavy (non-hydrogen) atoms. The molecule has 0 aromatic heterocycles. The number of nitrogens with zero attached hydrogens (tertiary/aromatic N) is 1. The molecule has 0 bridgehead atoms. The summed E-state index contributed by atoms with van der Waals surface area (Å²) in [6.45, 7) is 14.1. The zero-order valence-electron chi connectivity index (χ0n) is 11.7. The Morgan fingerprint density at radius 1 is 1.25 bits per heavy atom. The van der Waals surface area contributed by atoms with Gasteiger partial charge in [-0.05, 0) is 38.3 Å². The van der Waals surface area contributed by atoms with Crippen molar-refractivity contribution < 1.29 is 0 Å². The summed E-state index contributed by atoms with van der Waals surface area (Å²) in [5.74, 6) is 0. The summed E-state index contributed by atoms with van der Waals surface area (Å²) in [6, 6.07) is 0.781. The Balaban J connectivity index is 2.43. The minimum atomic E-state index is 0.397. The number of hydrogen-bond donors (Lipinski definition) is 1. The molecule has 1 aliphatic heterocycles. The van der Waals surface area contributed by atoms with Crippen LogP contribution in [0.4, 0.5) is 0 Å². The van der Waals surface area contributed by atoms with Crippen molar-refractivity contribution in [1.29, 1.82) is 0 Å². The van der Waals surface area contributed by atoms with E-state index in [2.05, 4.69) is 37.9 Å². The zero-order valence-corrected chi connectivity index (χ0v) is 11.7. The maximum Gasteiger partial charge on any atom is 0.00671 e. The van der Waals surface area contributed by atoms with E-state index < -0.39 is 0 Å². The lowest BCUT2D eigenvalue weighted by Crippen LogP contribution is -2.44. The second-order valence-corrected chi connectivity index (χ2v) is 6.11. The minimum absolute atomic E-state index is 0.397. The second kappa shape index (κ2) is 6.61. The lowest BCUT2D eigenvalue weighted by Gasteiger charge is -2.35. The molecule has 1 fully saturated rings. The van der Waals surface area contributed by atoms with Gasteiger partial charge in [0.15, 0.2) is 0 Å². The van der Waals surface area contributed by atoms with E-state index in [1.807, 2.05) is 0 Å². The van der Waals surface area contributed by atoms with Gasteiger partial charge in [0.25, 0.3) is 0 Å². The standard InChI is InChI=1S/C14H30N2/c1-5-15-11-14(3,4)12-16-10-8-6-7-9-13(16)2/h13,15H,5-12H2,1-4H3. The third-order valence-electron chi connectivity index (χ3n) is 3.68. The highest BCUT2D eigenvalue weighted by Gasteiger charge is 2.25. The zero-order chi connectivity index (χ0) is 12.0. The van der Waals surface area contributed by atoms with Crippen LogP contribution in [0.2, 0.25) is 0 Å². The van der Waals surface area contributed by atoms with E-state index in [0.717, 1.165) is 19.1 Å². The van der Waals surface area contributed by atoms with Crippen molar-refractivity contribution >= 4 is 0 Å². The number of rotatable bonds is 5. The minimum Gasteiger partial charge on any atom is -0.316 e. The van der Waals surface area contributed by atoms with Gasteiger partial charge in [-0.1, -0.05) is 33.6 Å². The molecule has 1 saturated heterocycles. The third-order valence-corrected chi connectivity index (χ3v) is 3.68. The quantitative estimate of drug-likeness (QED) is 0.775. The van der Waals surface area contributed by atoms with E-state index in [0.29, 0.717) is 5.41 Å². The van der Waals surface area contributed by atoms with Gasteiger partial charge in [0.1, 0.15) is 0 Å². The maximum atomic E-state index is 3.48. The normalized spacial score (nSPS) is 24.4. The summed E-state index contributed by atoms with van der Waals surface area (Å²) < 4.78 is 0. The molecule has 1 aliphatic rings. The first kappa shape index (κ1) is 14.0. The Hall–Kier alpha value is -0.0800. The van der Waals surface area contributed by atoms with Gasteiger partial charge < -0.3 is 10.2 Å². The Bertz CT molecular complexity index is 189. The van der Waals surface area contributed by atoms with E-state index in [4.69, 9.17) is 0 Å². The van der Waals surface area contributed by atoms with E-state index >= 15 is 0 Å². The smallest absolute Gasteiger partial charge is 0.00671 e. The molecule has 1 rings (SSSR count). The Morgan fingerprint density at radius 3 is 2.69 bits per heavy atom. The SMILES string of the molecule is CCNCC(C)(C)CN1CCCCCC1C. The van der Waals surface area contributed by atoms with Crippen molar-refractivity contribution in [2.24, 2.45) is 5.41 Å². The van der Waals surface area contributed by atoms with Gasteiger partial charge >= 0.3 is 0 Å². The van der Waals surface area contributed by atoms with Crippen molar-refractivity contribution in [2.75, 3.05) is 26.2 Å². The first-order valence-electron chi connectivity index (χ1n) is 7.00. The van der Waals surface area contributed by atoms with E-state index in [-0.39, 0.29) is 0 Å². The van der Waals surface area contributed by atoms with Crippen LogP contribution in [0, 0.1) is 5.41 Å². The summed E-state index contributed by atoms with van der Waals surface area (Å²) in [7, 11) is 0. The van der Waals surface area contributed by atoms with Crippen LogP contribution in [0.5, 0.6) is 0 Å². The molecule has 0 aliphatic carbocycles. The number of hydrogen-bond acceptors (Lipinski definition) is 2. The molecule has 0 amide bonds. The van der Waals surface area contributed by atoms with Gasteiger partial charge in [-0.2, -0.15) is 0 Å². The van der Waals surface area contributed by atoms with Gasteiger partial charge in [0.2, 0.25) is 0 Å². The molecule has 1 unspecified atom stereocenters. The van der Waals surface area contributed by atoms with E-state index in [1.54, 1.807) is 0 Å². The average Bonchev–Trinajstić information content (AvgIpc) is 2.41. The summed E-state index contributed by atoms with van der Waals surface area (Å²) in [6.07, 6.45) is 5.62. The van der Waals surface area contributed by atoms with Crippen LogP contribution in [0.25, 0.3) is 0 Å². The van der Waals surface area contributed by atoms with Crippen molar-refractivity contribution in [3.05, 3.63) is 0 Å². The van der Waals surface area contributed by atoms with Crippen molar-refractivity contribution in [2.45, 2.75) is 59.4 Å². The maximum absolute atomic E-state index is 3.48. The molecular formula is C14H30N2. The van der Waals surface area contributed by atoms with Crippen molar-refractivity contribution in [3.8, 4) is 0 Å². The summed E-state index contributed by atoms with van der Waals surface area (Å²) in [4.78, 5) is 2.70. The highest BCUT2D eigenvalue weighted by atomic mass is 15.2. The summed E-state index contributed by atoms with van der Waals surface area (Å²) in [5, 5.41) is 3.48. The van der Waals surface area contributed by atoms with Gasteiger partial charge in [-0.3, -0.25) is 0 Å². The monoisotopic (exact) mass is 226 g/mol. The van der Waals surface area contributed by atoms with Crippen molar-refractivity contribution in [1.82, 2.24) is 10.2 Å². The van der Waals surface area contributed by atoms with Crippen LogP contribution < -0.4 is 5.32 Å². The summed E-state index contributed by atoms with van der Waals surface area (Å²) in [5.41, 5.74) is 0.397. The van der Waals surface area contributed by atoms with E-state index in [9.17, 15) is 0 Å². The Morgan fingerprint density at radius 2 is 2.00 bits per heavy atom. The molecule has 0 radical (unpaired) electrons. The summed E-state index contributed by atoms with van der Waals surface area (Å²) >= 11 is 0. The predicted molar refractivity (Wildman–Crippen MR) is 71.8 cm³/mol. The highest BCUT2D eigenvalue weighted by molar-refractivity contribution is 4.80. The molecule has 1 heterocycles. The highest BCUT2D eigenvalue weighted by Crippen LogP contribution is 2.22. The fourth-order valence-electron chi connectivity index (χ4n) is 2.64. The molecule has 1 N–H and O–H groups in total. The van der Waals surface area contributed by atoms with Gasteiger partial charge in [-0.15, -0.1) is 0 Å². The van der Waals surface area contributed by atoms with Gasteiger partial charge in [0.05, 0.1) is 0 Å². The molecule has 96 valence electrons. The van der Waals surface area contributed by atoms with Crippen LogP contribution in [0.3, 0.4) is 0 Å². The second-order valence-electron chi connectivity index (χ2n) is 6.11. The van der Waals surface area contributed by atoms with Crippen LogP contribution in [0.1, 0.15) is 53.4 Å². The van der Waals surface area contributed by atoms with Crippen molar-refractivity contribution in [3.63, 3.8) is 0 Å². The molecule has 0 aromatic rings. The molecular weight excluding hydrogens is 196 g/mol. The third kappa shape index (κ3) is 4.84. The molecule has 0 saturated carbocycles. The van der Waals surface area contributed by atoms with Crippen LogP contribution >= 0.6 is 0 Å². The molecule has 1 atom stereocenters. The number of nitrogens with one attached hydrogen (secondary N) is 1. The van der Waals surface area contributed by atoms with Crippen LogP contribution in [-0.4, -0.2) is 37.1 Å². The van der Waals surface area contributed by atoms with Crippen LogP contribution in [0.15, 0.2) is 0 Å². The lowest BCUT2D eigenvalue weighted by molar-refractivity contribution is 0.138. The Labute approximate surface area is 102 Å². The van der Waals surface area contributed by atoms with Gasteiger partial charge in [-0.25, -0.2) is 0 Å². The molecule has 0 spiro atoms. The number of likely N-dealkylation sites (tertiary alicyclic amines) is 1. The first-order chi connectivity index (χ1) is 7.55. The van der Waals surface area contributed by atoms with E-state index in [1.165, 1.54) is 38.8 Å². The van der Waals surface area contributed by atoms with Crippen LogP contribution in [-0.2, 0) is 0 Å². The fourth-order valence-corrected chi connectivity index (χ4v) is 2.64. The first-order valence-corrected chi connectivity index (χ1v) is 7.00. The topological polar surface area (TPSA) is 15.3 Å². The molecule has 2 heteroatoms. The molecule has 2 nitrogen and oxygen atoms in total. The molecule has 0 aromatic carbocycles. The van der Waals surface area contributed by atoms with Gasteiger partial charge in [0, 0.05) is 19.1 Å². The fraction of sp³-hybridized carbons (Fsp3) is 1.00. The Kier molecular flexibility index (Phi) is 5.77. The largest absolute Gasteiger partial charge is 0.316 e. The predicted octanol–water partition coefficient (Wildman–Crippen LogP) is 2.89.